The number of rotatable bonds is 8. The number of phenols is 1. The molecule has 7 heteroatoms. The van der Waals surface area contributed by atoms with Gasteiger partial charge in [-0.2, -0.15) is 0 Å². The van der Waals surface area contributed by atoms with Crippen molar-refractivity contribution in [2.24, 2.45) is 4.99 Å². The molecule has 6 nitrogen and oxygen atoms in total. The van der Waals surface area contributed by atoms with E-state index in [1.165, 1.54) is 0 Å². The van der Waals surface area contributed by atoms with Gasteiger partial charge in [-0.05, 0) is 49.2 Å². The number of hydrogen-bond acceptors (Lipinski definition) is 4. The van der Waals surface area contributed by atoms with E-state index in [9.17, 15) is 5.11 Å². The van der Waals surface area contributed by atoms with Crippen LogP contribution in [-0.2, 0) is 13.1 Å². The molecule has 27 heavy (non-hydrogen) atoms. The van der Waals surface area contributed by atoms with E-state index in [-0.39, 0.29) is 29.7 Å². The van der Waals surface area contributed by atoms with Gasteiger partial charge in [0, 0.05) is 13.1 Å². The van der Waals surface area contributed by atoms with E-state index >= 15 is 0 Å². The third kappa shape index (κ3) is 7.54. The van der Waals surface area contributed by atoms with E-state index in [1.54, 1.807) is 13.2 Å². The number of ether oxygens (including phenoxy) is 2. The van der Waals surface area contributed by atoms with E-state index in [2.05, 4.69) is 15.6 Å². The molecule has 0 unspecified atom stereocenters. The average Bonchev–Trinajstić information content (AvgIpc) is 2.67. The molecule has 2 aromatic carbocycles. The predicted octanol–water partition coefficient (Wildman–Crippen LogP) is 3.67. The van der Waals surface area contributed by atoms with Crippen LogP contribution in [0.5, 0.6) is 17.2 Å². The van der Waals surface area contributed by atoms with E-state index in [0.29, 0.717) is 25.4 Å². The Kier molecular flexibility index (Phi) is 10.4. The normalized spacial score (nSPS) is 10.7. The molecule has 0 radical (unpaired) electrons. The number of nitrogens with zero attached hydrogens (tertiary/aromatic N) is 1. The van der Waals surface area contributed by atoms with Gasteiger partial charge in [0.05, 0.1) is 20.3 Å². The first-order valence-electron chi connectivity index (χ1n) is 8.76. The number of hydrogen-bond donors (Lipinski definition) is 3. The summed E-state index contributed by atoms with van der Waals surface area (Å²) < 4.78 is 10.6. The number of aromatic hydroxyl groups is 1. The molecule has 0 spiro atoms. The van der Waals surface area contributed by atoms with E-state index in [1.807, 2.05) is 50.2 Å². The van der Waals surface area contributed by atoms with Crippen LogP contribution in [0.25, 0.3) is 0 Å². The van der Waals surface area contributed by atoms with Crippen molar-refractivity contribution in [3.63, 3.8) is 0 Å². The number of guanidine groups is 1. The fourth-order valence-electron chi connectivity index (χ4n) is 2.37. The Morgan fingerprint density at radius 3 is 2.37 bits per heavy atom. The summed E-state index contributed by atoms with van der Waals surface area (Å²) in [5.74, 6) is 2.20. The van der Waals surface area contributed by atoms with Gasteiger partial charge in [-0.25, -0.2) is 4.99 Å². The first kappa shape index (κ1) is 22.9. The average molecular weight is 485 g/mol. The van der Waals surface area contributed by atoms with Crippen LogP contribution in [0, 0.1) is 0 Å². The fraction of sp³-hybridized carbons (Fsp3) is 0.350. The summed E-state index contributed by atoms with van der Waals surface area (Å²) in [5.41, 5.74) is 2.10. The lowest BCUT2D eigenvalue weighted by atomic mass is 10.2. The molecule has 0 atom stereocenters. The van der Waals surface area contributed by atoms with Crippen LogP contribution in [0.3, 0.4) is 0 Å². The zero-order chi connectivity index (χ0) is 18.8. The third-order valence-corrected chi connectivity index (χ3v) is 3.71. The second-order valence-electron chi connectivity index (χ2n) is 5.63. The molecule has 0 aliphatic rings. The van der Waals surface area contributed by atoms with Crippen molar-refractivity contribution in [3.8, 4) is 17.2 Å². The van der Waals surface area contributed by atoms with Gasteiger partial charge in [-0.3, -0.25) is 0 Å². The molecule has 0 aliphatic carbocycles. The monoisotopic (exact) mass is 485 g/mol. The van der Waals surface area contributed by atoms with E-state index < -0.39 is 0 Å². The first-order chi connectivity index (χ1) is 12.7. The highest BCUT2D eigenvalue weighted by molar-refractivity contribution is 14.0. The van der Waals surface area contributed by atoms with Gasteiger partial charge in [0.1, 0.15) is 5.75 Å². The highest BCUT2D eigenvalue weighted by atomic mass is 127. The van der Waals surface area contributed by atoms with Crippen LogP contribution < -0.4 is 20.1 Å². The van der Waals surface area contributed by atoms with Gasteiger partial charge in [0.25, 0.3) is 0 Å². The number of benzene rings is 2. The number of methoxy groups -OCH3 is 1. The van der Waals surface area contributed by atoms with Gasteiger partial charge < -0.3 is 25.2 Å². The molecule has 0 fully saturated rings. The van der Waals surface area contributed by atoms with Crippen LogP contribution in [0.1, 0.15) is 25.0 Å². The lowest BCUT2D eigenvalue weighted by Gasteiger charge is -2.12. The SMILES string of the molecule is CCNC(=NCc1ccc(O)c(OCC)c1)NCc1ccc(OC)cc1.I. The Hall–Kier alpha value is -2.16. The molecule has 0 amide bonds. The lowest BCUT2D eigenvalue weighted by Crippen LogP contribution is -2.36. The molecule has 0 aromatic heterocycles. The highest BCUT2D eigenvalue weighted by Crippen LogP contribution is 2.27. The molecule has 148 valence electrons. The molecule has 0 saturated heterocycles. The summed E-state index contributed by atoms with van der Waals surface area (Å²) in [4.78, 5) is 4.60. The lowest BCUT2D eigenvalue weighted by molar-refractivity contribution is 0.318. The molecule has 3 N–H and O–H groups in total. The summed E-state index contributed by atoms with van der Waals surface area (Å²) in [5, 5.41) is 16.3. The molecule has 0 saturated carbocycles. The summed E-state index contributed by atoms with van der Waals surface area (Å²) in [6.45, 7) is 6.34. The maximum Gasteiger partial charge on any atom is 0.191 e. The number of halogens is 1. The van der Waals surface area contributed by atoms with Crippen molar-refractivity contribution in [2.75, 3.05) is 20.3 Å². The van der Waals surface area contributed by atoms with Gasteiger partial charge in [0.15, 0.2) is 17.5 Å². The minimum absolute atomic E-state index is 0. The standard InChI is InChI=1S/C20H27N3O3.HI/c1-4-21-20(22-13-15-6-9-17(25-3)10-7-15)23-14-16-8-11-18(24)19(12-16)26-5-2;/h6-12,24H,4-5,13-14H2,1-3H3,(H2,21,22,23);1H. The fourth-order valence-corrected chi connectivity index (χ4v) is 2.37. The maximum atomic E-state index is 9.78. The summed E-state index contributed by atoms with van der Waals surface area (Å²) in [6, 6.07) is 13.2. The molecule has 2 aromatic rings. The van der Waals surface area contributed by atoms with Crippen molar-refractivity contribution in [1.82, 2.24) is 10.6 Å². The van der Waals surface area contributed by atoms with Crippen LogP contribution in [0.4, 0.5) is 0 Å². The minimum atomic E-state index is 0. The smallest absolute Gasteiger partial charge is 0.191 e. The van der Waals surface area contributed by atoms with Crippen molar-refractivity contribution in [2.45, 2.75) is 26.9 Å². The Labute approximate surface area is 178 Å². The first-order valence-corrected chi connectivity index (χ1v) is 8.76. The Balaban J connectivity index is 0.00000364. The summed E-state index contributed by atoms with van der Waals surface area (Å²) in [6.07, 6.45) is 0. The van der Waals surface area contributed by atoms with Crippen molar-refractivity contribution in [1.29, 1.82) is 0 Å². The second-order valence-corrected chi connectivity index (χ2v) is 5.63. The van der Waals surface area contributed by atoms with E-state index in [0.717, 1.165) is 29.4 Å². The van der Waals surface area contributed by atoms with Gasteiger partial charge in [-0.15, -0.1) is 24.0 Å². The third-order valence-electron chi connectivity index (χ3n) is 3.71. The highest BCUT2D eigenvalue weighted by Gasteiger charge is 2.04. The van der Waals surface area contributed by atoms with Gasteiger partial charge in [0.2, 0.25) is 0 Å². The summed E-state index contributed by atoms with van der Waals surface area (Å²) >= 11 is 0. The maximum absolute atomic E-state index is 9.78. The summed E-state index contributed by atoms with van der Waals surface area (Å²) in [7, 11) is 1.66. The molecule has 0 heterocycles. The van der Waals surface area contributed by atoms with E-state index in [4.69, 9.17) is 9.47 Å². The second kappa shape index (κ2) is 12.3. The molecule has 2 rings (SSSR count). The molecular formula is C20H28IN3O3. The molecule has 0 aliphatic heterocycles. The van der Waals surface area contributed by atoms with Crippen LogP contribution >= 0.6 is 24.0 Å². The largest absolute Gasteiger partial charge is 0.504 e. The van der Waals surface area contributed by atoms with Crippen molar-refractivity contribution >= 4 is 29.9 Å². The Morgan fingerprint density at radius 1 is 1.04 bits per heavy atom. The quantitative estimate of drug-likeness (QED) is 0.302. The Morgan fingerprint density at radius 2 is 1.74 bits per heavy atom. The topological polar surface area (TPSA) is 75.1 Å². The number of aliphatic imine (C=N–C) groups is 1. The van der Waals surface area contributed by atoms with Gasteiger partial charge >= 0.3 is 0 Å². The van der Waals surface area contributed by atoms with Crippen molar-refractivity contribution in [3.05, 3.63) is 53.6 Å². The zero-order valence-electron chi connectivity index (χ0n) is 16.0. The van der Waals surface area contributed by atoms with Crippen LogP contribution in [0.15, 0.2) is 47.5 Å². The van der Waals surface area contributed by atoms with Crippen LogP contribution in [-0.4, -0.2) is 31.3 Å². The zero-order valence-corrected chi connectivity index (χ0v) is 18.3. The van der Waals surface area contributed by atoms with Gasteiger partial charge in [-0.1, -0.05) is 18.2 Å². The molecular weight excluding hydrogens is 457 g/mol. The number of phenolic OH excluding ortho intramolecular Hbond substituents is 1. The molecule has 0 bridgehead atoms. The predicted molar refractivity (Wildman–Crippen MR) is 119 cm³/mol. The van der Waals surface area contributed by atoms with Crippen LogP contribution in [0.2, 0.25) is 0 Å². The minimum Gasteiger partial charge on any atom is -0.504 e. The van der Waals surface area contributed by atoms with Crippen molar-refractivity contribution < 1.29 is 14.6 Å². The number of nitrogens with one attached hydrogen (secondary N) is 2. The Bertz CT molecular complexity index is 721.